The molecule has 0 atom stereocenters. The highest BCUT2D eigenvalue weighted by Crippen LogP contribution is 2.25. The zero-order valence-electron chi connectivity index (χ0n) is 9.20. The lowest BCUT2D eigenvalue weighted by Gasteiger charge is -1.98. The van der Waals surface area contributed by atoms with Gasteiger partial charge in [-0.05, 0) is 24.6 Å². The summed E-state index contributed by atoms with van der Waals surface area (Å²) in [4.78, 5) is 4.31. The van der Waals surface area contributed by atoms with E-state index in [9.17, 15) is 4.39 Å². The van der Waals surface area contributed by atoms with Gasteiger partial charge in [0.2, 0.25) is 5.13 Å². The van der Waals surface area contributed by atoms with Crippen molar-refractivity contribution in [2.24, 2.45) is 0 Å². The molecule has 0 radical (unpaired) electrons. The Hall–Kier alpha value is -1.01. The first-order chi connectivity index (χ1) is 8.19. The molecule has 0 bridgehead atoms. The molecule has 6 heteroatoms. The van der Waals surface area contributed by atoms with Crippen molar-refractivity contribution in [3.8, 4) is 11.4 Å². The number of nitrogens with one attached hydrogen (secondary N) is 1. The Morgan fingerprint density at radius 2 is 2.24 bits per heavy atom. The summed E-state index contributed by atoms with van der Waals surface area (Å²) >= 11 is 4.54. The minimum atomic E-state index is -0.299. The quantitative estimate of drug-likeness (QED) is 0.929. The second-order valence-electron chi connectivity index (χ2n) is 3.51. The van der Waals surface area contributed by atoms with Crippen LogP contribution in [0.1, 0.15) is 13.3 Å². The van der Waals surface area contributed by atoms with Gasteiger partial charge in [-0.25, -0.2) is 4.39 Å². The summed E-state index contributed by atoms with van der Waals surface area (Å²) < 4.78 is 18.1. The smallest absolute Gasteiger partial charge is 0.202 e. The number of hydrogen-bond donors (Lipinski definition) is 1. The van der Waals surface area contributed by atoms with Crippen molar-refractivity contribution >= 4 is 32.6 Å². The van der Waals surface area contributed by atoms with Gasteiger partial charge in [-0.1, -0.05) is 22.9 Å². The SMILES string of the molecule is CCCNc1nc(-c2cc(F)cc(Br)c2)ns1. The van der Waals surface area contributed by atoms with Crippen molar-refractivity contribution in [3.05, 3.63) is 28.5 Å². The maximum Gasteiger partial charge on any atom is 0.202 e. The molecule has 0 aliphatic rings. The summed E-state index contributed by atoms with van der Waals surface area (Å²) in [6.45, 7) is 2.94. The lowest BCUT2D eigenvalue weighted by atomic mass is 10.2. The van der Waals surface area contributed by atoms with Gasteiger partial charge in [-0.15, -0.1) is 0 Å². The Labute approximate surface area is 111 Å². The van der Waals surface area contributed by atoms with Crippen LogP contribution in [0.5, 0.6) is 0 Å². The molecule has 90 valence electrons. The van der Waals surface area contributed by atoms with Crippen LogP contribution in [0.3, 0.4) is 0 Å². The molecule has 0 aliphatic carbocycles. The maximum atomic E-state index is 13.2. The third-order valence-corrected chi connectivity index (χ3v) is 3.20. The molecule has 2 rings (SSSR count). The van der Waals surface area contributed by atoms with Gasteiger partial charge in [0, 0.05) is 28.1 Å². The summed E-state index contributed by atoms with van der Waals surface area (Å²) in [5.41, 5.74) is 0.678. The summed E-state index contributed by atoms with van der Waals surface area (Å²) in [7, 11) is 0. The molecule has 0 spiro atoms. The number of aromatic nitrogens is 2. The van der Waals surface area contributed by atoms with Crippen LogP contribution in [-0.4, -0.2) is 15.9 Å². The van der Waals surface area contributed by atoms with E-state index >= 15 is 0 Å². The van der Waals surface area contributed by atoms with E-state index in [2.05, 4.69) is 37.5 Å². The van der Waals surface area contributed by atoms with Gasteiger partial charge < -0.3 is 5.32 Å². The maximum absolute atomic E-state index is 13.2. The van der Waals surface area contributed by atoms with Crippen LogP contribution in [-0.2, 0) is 0 Å². The van der Waals surface area contributed by atoms with Crippen LogP contribution in [0.25, 0.3) is 11.4 Å². The van der Waals surface area contributed by atoms with Gasteiger partial charge in [0.1, 0.15) is 5.82 Å². The third kappa shape index (κ3) is 3.23. The van der Waals surface area contributed by atoms with Crippen LogP contribution < -0.4 is 5.32 Å². The molecule has 0 aliphatic heterocycles. The van der Waals surface area contributed by atoms with Crippen molar-refractivity contribution in [3.63, 3.8) is 0 Å². The van der Waals surface area contributed by atoms with Gasteiger partial charge in [-0.3, -0.25) is 0 Å². The third-order valence-electron chi connectivity index (χ3n) is 2.07. The molecule has 1 N–H and O–H groups in total. The van der Waals surface area contributed by atoms with Crippen LogP contribution in [0.2, 0.25) is 0 Å². The summed E-state index contributed by atoms with van der Waals surface area (Å²) in [6.07, 6.45) is 1.03. The average molecular weight is 316 g/mol. The fourth-order valence-corrected chi connectivity index (χ4v) is 2.41. The van der Waals surface area contributed by atoms with E-state index in [0.29, 0.717) is 15.9 Å². The van der Waals surface area contributed by atoms with Crippen molar-refractivity contribution < 1.29 is 4.39 Å². The van der Waals surface area contributed by atoms with E-state index in [1.807, 2.05) is 0 Å². The molecule has 17 heavy (non-hydrogen) atoms. The zero-order chi connectivity index (χ0) is 12.3. The number of nitrogens with zero attached hydrogens (tertiary/aromatic N) is 2. The minimum Gasteiger partial charge on any atom is -0.360 e. The molecule has 0 unspecified atom stereocenters. The molecule has 0 saturated carbocycles. The Balaban J connectivity index is 2.24. The molecular weight excluding hydrogens is 305 g/mol. The average Bonchev–Trinajstić information content (AvgIpc) is 2.73. The summed E-state index contributed by atoms with van der Waals surface area (Å²) in [6, 6.07) is 4.64. The van der Waals surface area contributed by atoms with Gasteiger partial charge in [-0.2, -0.15) is 9.36 Å². The van der Waals surface area contributed by atoms with E-state index in [1.54, 1.807) is 6.07 Å². The summed E-state index contributed by atoms with van der Waals surface area (Å²) in [5.74, 6) is 0.251. The number of anilines is 1. The van der Waals surface area contributed by atoms with E-state index in [1.165, 1.54) is 23.7 Å². The van der Waals surface area contributed by atoms with Crippen molar-refractivity contribution in [2.45, 2.75) is 13.3 Å². The van der Waals surface area contributed by atoms with Gasteiger partial charge in [0.15, 0.2) is 5.82 Å². The highest BCUT2D eigenvalue weighted by Gasteiger charge is 2.08. The predicted molar refractivity (Wildman–Crippen MR) is 71.8 cm³/mol. The van der Waals surface area contributed by atoms with Gasteiger partial charge in [0.05, 0.1) is 0 Å². The van der Waals surface area contributed by atoms with E-state index in [4.69, 9.17) is 0 Å². The normalized spacial score (nSPS) is 10.5. The van der Waals surface area contributed by atoms with Crippen molar-refractivity contribution in [1.82, 2.24) is 9.36 Å². The van der Waals surface area contributed by atoms with E-state index in [-0.39, 0.29) is 5.82 Å². The Bertz CT molecular complexity index is 495. The highest BCUT2D eigenvalue weighted by atomic mass is 79.9. The molecule has 2 aromatic rings. The Kier molecular flexibility index (Phi) is 4.06. The van der Waals surface area contributed by atoms with Crippen molar-refractivity contribution in [1.29, 1.82) is 0 Å². The van der Waals surface area contributed by atoms with Crippen molar-refractivity contribution in [2.75, 3.05) is 11.9 Å². The molecule has 3 nitrogen and oxygen atoms in total. The number of benzene rings is 1. The minimum absolute atomic E-state index is 0.299. The largest absolute Gasteiger partial charge is 0.360 e. The van der Waals surface area contributed by atoms with Crippen LogP contribution in [0, 0.1) is 5.82 Å². The Morgan fingerprint density at radius 1 is 1.41 bits per heavy atom. The van der Waals surface area contributed by atoms with Crippen LogP contribution >= 0.6 is 27.5 Å². The molecule has 0 fully saturated rings. The lowest BCUT2D eigenvalue weighted by Crippen LogP contribution is -1.98. The molecule has 0 saturated heterocycles. The van der Waals surface area contributed by atoms with Crippen LogP contribution in [0.15, 0.2) is 22.7 Å². The molecule has 1 aromatic heterocycles. The predicted octanol–water partition coefficient (Wildman–Crippen LogP) is 3.93. The summed E-state index contributed by atoms with van der Waals surface area (Å²) in [5, 5.41) is 3.92. The molecule has 0 amide bonds. The first-order valence-electron chi connectivity index (χ1n) is 5.23. The van der Waals surface area contributed by atoms with Crippen LogP contribution in [0.4, 0.5) is 9.52 Å². The van der Waals surface area contributed by atoms with Gasteiger partial charge in [0.25, 0.3) is 0 Å². The number of halogens is 2. The zero-order valence-corrected chi connectivity index (χ0v) is 11.6. The topological polar surface area (TPSA) is 37.8 Å². The lowest BCUT2D eigenvalue weighted by molar-refractivity contribution is 0.627. The Morgan fingerprint density at radius 3 is 2.94 bits per heavy atom. The van der Waals surface area contributed by atoms with Gasteiger partial charge >= 0.3 is 0 Å². The fraction of sp³-hybridized carbons (Fsp3) is 0.273. The molecule has 1 aromatic carbocycles. The van der Waals surface area contributed by atoms with E-state index in [0.717, 1.165) is 18.1 Å². The first kappa shape index (κ1) is 12.4. The molecule has 1 heterocycles. The standard InChI is InChI=1S/C11H11BrFN3S/c1-2-3-14-11-15-10(16-17-11)7-4-8(12)6-9(13)5-7/h4-6H,2-3H2,1H3,(H,14,15,16). The first-order valence-corrected chi connectivity index (χ1v) is 6.79. The molecular formula is C11H11BrFN3S. The monoisotopic (exact) mass is 315 g/mol. The fourth-order valence-electron chi connectivity index (χ4n) is 1.33. The second-order valence-corrected chi connectivity index (χ2v) is 5.18. The van der Waals surface area contributed by atoms with E-state index < -0.39 is 0 Å². The second kappa shape index (κ2) is 5.55. The highest BCUT2D eigenvalue weighted by molar-refractivity contribution is 9.10. The number of hydrogen-bond acceptors (Lipinski definition) is 4. The number of rotatable bonds is 4.